The summed E-state index contributed by atoms with van der Waals surface area (Å²) in [5, 5.41) is 3.01. The van der Waals surface area contributed by atoms with Crippen molar-refractivity contribution in [2.24, 2.45) is 0 Å². The molecule has 1 aliphatic heterocycles. The zero-order valence-corrected chi connectivity index (χ0v) is 15.2. The summed E-state index contributed by atoms with van der Waals surface area (Å²) >= 11 is 3.40. The van der Waals surface area contributed by atoms with Crippen molar-refractivity contribution in [1.82, 2.24) is 10.2 Å². The lowest BCUT2D eigenvalue weighted by Gasteiger charge is -2.23. The average molecular weight is 383 g/mol. The summed E-state index contributed by atoms with van der Waals surface area (Å²) in [6.45, 7) is 6.32. The number of carbonyl (C=O) groups excluding carboxylic acids is 1. The van der Waals surface area contributed by atoms with Crippen LogP contribution in [0.15, 0.2) is 29.3 Å². The molecule has 0 unspecified atom stereocenters. The molecule has 1 aliphatic rings. The Morgan fingerprint density at radius 3 is 2.91 bits per heavy atom. The van der Waals surface area contributed by atoms with E-state index in [0.29, 0.717) is 29.6 Å². The van der Waals surface area contributed by atoms with Crippen molar-refractivity contribution in [2.45, 2.75) is 18.9 Å². The molecule has 0 aromatic heterocycles. The molecule has 5 nitrogen and oxygen atoms in total. The number of amides is 1. The number of carbonyl (C=O) groups is 1. The highest BCUT2D eigenvalue weighted by molar-refractivity contribution is 9.10. The third-order valence-corrected chi connectivity index (χ3v) is 4.51. The van der Waals surface area contributed by atoms with E-state index in [1.807, 2.05) is 6.08 Å². The van der Waals surface area contributed by atoms with Crippen molar-refractivity contribution in [3.63, 3.8) is 0 Å². The quantitative estimate of drug-likeness (QED) is 0.736. The first-order valence-corrected chi connectivity index (χ1v) is 8.44. The second-order valence-electron chi connectivity index (χ2n) is 5.48. The number of likely N-dealkylation sites (tertiary alicyclic amines) is 1. The lowest BCUT2D eigenvalue weighted by molar-refractivity contribution is 0.0938. The van der Waals surface area contributed by atoms with Crippen LogP contribution in [-0.4, -0.2) is 50.7 Å². The maximum Gasteiger partial charge on any atom is 0.255 e. The SMILES string of the molecule is C=CCN1CCC[C@H]1CNC(=O)c1cc(Br)cc(OC)c1OC. The summed E-state index contributed by atoms with van der Waals surface area (Å²) in [6.07, 6.45) is 4.15. The normalized spacial score (nSPS) is 17.8. The van der Waals surface area contributed by atoms with Gasteiger partial charge in [0.25, 0.3) is 5.91 Å². The highest BCUT2D eigenvalue weighted by Gasteiger charge is 2.25. The van der Waals surface area contributed by atoms with Crippen molar-refractivity contribution in [3.05, 3.63) is 34.8 Å². The standard InChI is InChI=1S/C17H23BrN2O3/c1-4-7-20-8-5-6-13(20)11-19-17(21)14-9-12(18)10-15(22-2)16(14)23-3/h4,9-10,13H,1,5-8,11H2,2-3H3,(H,19,21)/t13-/m0/s1. The highest BCUT2D eigenvalue weighted by Crippen LogP contribution is 2.34. The van der Waals surface area contributed by atoms with E-state index in [1.54, 1.807) is 19.2 Å². The van der Waals surface area contributed by atoms with Gasteiger partial charge in [-0.2, -0.15) is 0 Å². The Morgan fingerprint density at radius 1 is 1.48 bits per heavy atom. The number of hydrogen-bond donors (Lipinski definition) is 1. The maximum absolute atomic E-state index is 12.6. The smallest absolute Gasteiger partial charge is 0.255 e. The van der Waals surface area contributed by atoms with Crippen LogP contribution in [0.3, 0.4) is 0 Å². The van der Waals surface area contributed by atoms with E-state index in [4.69, 9.17) is 9.47 Å². The van der Waals surface area contributed by atoms with E-state index < -0.39 is 0 Å². The Labute approximate surface area is 145 Å². The number of hydrogen-bond acceptors (Lipinski definition) is 4. The van der Waals surface area contributed by atoms with Crippen LogP contribution in [-0.2, 0) is 0 Å². The van der Waals surface area contributed by atoms with Gasteiger partial charge in [-0.1, -0.05) is 22.0 Å². The molecule has 1 N–H and O–H groups in total. The fraction of sp³-hybridized carbons (Fsp3) is 0.471. The van der Waals surface area contributed by atoms with Crippen LogP contribution < -0.4 is 14.8 Å². The summed E-state index contributed by atoms with van der Waals surface area (Å²) in [6, 6.07) is 3.88. The number of ether oxygens (including phenoxy) is 2. The van der Waals surface area contributed by atoms with E-state index >= 15 is 0 Å². The molecule has 0 bridgehead atoms. The first kappa shape index (κ1) is 17.8. The molecular weight excluding hydrogens is 360 g/mol. The van der Waals surface area contributed by atoms with Crippen molar-refractivity contribution in [1.29, 1.82) is 0 Å². The molecule has 1 heterocycles. The average Bonchev–Trinajstić information content (AvgIpc) is 2.99. The lowest BCUT2D eigenvalue weighted by atomic mass is 10.1. The van der Waals surface area contributed by atoms with E-state index in [-0.39, 0.29) is 5.91 Å². The van der Waals surface area contributed by atoms with Gasteiger partial charge in [-0.3, -0.25) is 9.69 Å². The van der Waals surface area contributed by atoms with Crippen molar-refractivity contribution < 1.29 is 14.3 Å². The molecular formula is C17H23BrN2O3. The van der Waals surface area contributed by atoms with Gasteiger partial charge < -0.3 is 14.8 Å². The van der Waals surface area contributed by atoms with Gasteiger partial charge in [0.1, 0.15) is 0 Å². The van der Waals surface area contributed by atoms with Crippen LogP contribution in [0.25, 0.3) is 0 Å². The first-order valence-electron chi connectivity index (χ1n) is 7.65. The monoisotopic (exact) mass is 382 g/mol. The summed E-state index contributed by atoms with van der Waals surface area (Å²) < 4.78 is 11.4. The number of nitrogens with zero attached hydrogens (tertiary/aromatic N) is 1. The molecule has 126 valence electrons. The van der Waals surface area contributed by atoms with Crippen LogP contribution in [0.2, 0.25) is 0 Å². The van der Waals surface area contributed by atoms with Gasteiger partial charge in [-0.05, 0) is 31.5 Å². The van der Waals surface area contributed by atoms with Gasteiger partial charge in [0.15, 0.2) is 11.5 Å². The molecule has 23 heavy (non-hydrogen) atoms. The molecule has 0 spiro atoms. The molecule has 2 rings (SSSR count). The zero-order chi connectivity index (χ0) is 16.8. The number of methoxy groups -OCH3 is 2. The summed E-state index contributed by atoms with van der Waals surface area (Å²) in [7, 11) is 3.09. The third-order valence-electron chi connectivity index (χ3n) is 4.05. The Balaban J connectivity index is 2.09. The van der Waals surface area contributed by atoms with Gasteiger partial charge >= 0.3 is 0 Å². The zero-order valence-electron chi connectivity index (χ0n) is 13.6. The molecule has 1 amide bonds. The Bertz CT molecular complexity index is 577. The summed E-state index contributed by atoms with van der Waals surface area (Å²) in [5.41, 5.74) is 0.465. The van der Waals surface area contributed by atoms with Crippen LogP contribution in [0.4, 0.5) is 0 Å². The van der Waals surface area contributed by atoms with E-state index in [2.05, 4.69) is 32.7 Å². The van der Waals surface area contributed by atoms with Crippen molar-refractivity contribution in [2.75, 3.05) is 33.9 Å². The highest BCUT2D eigenvalue weighted by atomic mass is 79.9. The first-order chi connectivity index (χ1) is 11.1. The predicted molar refractivity (Wildman–Crippen MR) is 94.4 cm³/mol. The minimum absolute atomic E-state index is 0.160. The second kappa shape index (κ2) is 8.36. The van der Waals surface area contributed by atoms with Gasteiger partial charge in [0.2, 0.25) is 0 Å². The summed E-state index contributed by atoms with van der Waals surface area (Å²) in [5.74, 6) is 0.815. The molecule has 6 heteroatoms. The number of nitrogens with one attached hydrogen (secondary N) is 1. The van der Waals surface area contributed by atoms with Crippen LogP contribution in [0.1, 0.15) is 23.2 Å². The fourth-order valence-electron chi connectivity index (χ4n) is 2.94. The molecule has 1 aromatic rings. The maximum atomic E-state index is 12.6. The second-order valence-corrected chi connectivity index (χ2v) is 6.39. The molecule has 0 aliphatic carbocycles. The molecule has 1 saturated heterocycles. The topological polar surface area (TPSA) is 50.8 Å². The lowest BCUT2D eigenvalue weighted by Crippen LogP contribution is -2.40. The Hall–Kier alpha value is -1.53. The molecule has 0 radical (unpaired) electrons. The predicted octanol–water partition coefficient (Wildman–Crippen LogP) is 2.85. The molecule has 1 aromatic carbocycles. The van der Waals surface area contributed by atoms with Gasteiger partial charge in [-0.15, -0.1) is 6.58 Å². The minimum atomic E-state index is -0.160. The minimum Gasteiger partial charge on any atom is -0.493 e. The number of rotatable bonds is 7. The fourth-order valence-corrected chi connectivity index (χ4v) is 3.37. The van der Waals surface area contributed by atoms with Gasteiger partial charge in [0.05, 0.1) is 19.8 Å². The van der Waals surface area contributed by atoms with E-state index in [1.165, 1.54) is 7.11 Å². The molecule has 1 atom stereocenters. The van der Waals surface area contributed by atoms with Gasteiger partial charge in [-0.25, -0.2) is 0 Å². The van der Waals surface area contributed by atoms with Crippen molar-refractivity contribution in [3.8, 4) is 11.5 Å². The Kier molecular flexibility index (Phi) is 6.47. The van der Waals surface area contributed by atoms with E-state index in [9.17, 15) is 4.79 Å². The Morgan fingerprint density at radius 2 is 2.26 bits per heavy atom. The van der Waals surface area contributed by atoms with E-state index in [0.717, 1.165) is 30.4 Å². The summed E-state index contributed by atoms with van der Waals surface area (Å²) in [4.78, 5) is 14.9. The van der Waals surface area contributed by atoms with Crippen LogP contribution in [0.5, 0.6) is 11.5 Å². The number of benzene rings is 1. The molecule has 0 saturated carbocycles. The van der Waals surface area contributed by atoms with Crippen LogP contribution in [0, 0.1) is 0 Å². The molecule has 1 fully saturated rings. The van der Waals surface area contributed by atoms with Crippen molar-refractivity contribution >= 4 is 21.8 Å². The largest absolute Gasteiger partial charge is 0.493 e. The third kappa shape index (κ3) is 4.26. The van der Waals surface area contributed by atoms with Crippen LogP contribution >= 0.6 is 15.9 Å². The van der Waals surface area contributed by atoms with Gasteiger partial charge in [0, 0.05) is 23.6 Å². The number of halogens is 1.